The monoisotopic (exact) mass is 354 g/mol. The number of quaternary nitrogens is 1. The number of H-pyrrole nitrogens is 1. The van der Waals surface area contributed by atoms with Crippen LogP contribution in [0.4, 0.5) is 0 Å². The molecule has 0 spiro atoms. The molecule has 1 aliphatic rings. The number of carbonyl (C=O) groups excluding carboxylic acids is 1. The summed E-state index contributed by atoms with van der Waals surface area (Å²) < 4.78 is 0. The molecule has 1 aliphatic heterocycles. The zero-order valence-corrected chi connectivity index (χ0v) is 15.2. The zero-order valence-electron chi connectivity index (χ0n) is 14.4. The van der Waals surface area contributed by atoms with Crippen molar-refractivity contribution in [2.75, 3.05) is 13.1 Å². The largest absolute Gasteiger partial charge is 0.369 e. The fourth-order valence-corrected chi connectivity index (χ4v) is 5.13. The molecule has 2 aromatic heterocycles. The number of nitrogens with one attached hydrogen (secondary N) is 2. The Hall–Kier alpha value is -2.11. The number of para-hydroxylation sites is 1. The minimum Gasteiger partial charge on any atom is -0.369 e. The van der Waals surface area contributed by atoms with Crippen molar-refractivity contribution in [3.05, 3.63) is 57.9 Å². The van der Waals surface area contributed by atoms with Gasteiger partial charge in [-0.1, -0.05) is 24.3 Å². The van der Waals surface area contributed by atoms with Gasteiger partial charge in [0.25, 0.3) is 0 Å². The fraction of sp³-hybridized carbons (Fsp3) is 0.350. The normalized spacial score (nSPS) is 22.1. The Morgan fingerprint density at radius 1 is 1.24 bits per heavy atom. The van der Waals surface area contributed by atoms with Crippen molar-refractivity contribution in [1.82, 2.24) is 4.98 Å². The number of likely N-dealkylation sites (tertiary alicyclic amines) is 1. The van der Waals surface area contributed by atoms with Crippen LogP contribution in [-0.2, 0) is 4.79 Å². The van der Waals surface area contributed by atoms with Crippen LogP contribution in [0.3, 0.4) is 0 Å². The molecule has 4 nitrogen and oxygen atoms in total. The summed E-state index contributed by atoms with van der Waals surface area (Å²) in [6.45, 7) is 4.13. The minimum atomic E-state index is -0.144. The molecule has 3 heterocycles. The van der Waals surface area contributed by atoms with Gasteiger partial charge in [-0.05, 0) is 24.4 Å². The highest BCUT2D eigenvalue weighted by Crippen LogP contribution is 2.32. The Morgan fingerprint density at radius 2 is 2.00 bits per heavy atom. The molecule has 5 heteroatoms. The summed E-state index contributed by atoms with van der Waals surface area (Å²) in [5.41, 5.74) is 9.36. The zero-order chi connectivity index (χ0) is 17.4. The lowest BCUT2D eigenvalue weighted by Crippen LogP contribution is -3.13. The third kappa shape index (κ3) is 2.98. The van der Waals surface area contributed by atoms with E-state index in [1.807, 2.05) is 11.3 Å². The van der Waals surface area contributed by atoms with Gasteiger partial charge < -0.3 is 15.6 Å². The maximum absolute atomic E-state index is 11.5. The maximum Gasteiger partial charge on any atom is 0.220 e. The van der Waals surface area contributed by atoms with E-state index in [0.29, 0.717) is 6.04 Å². The molecule has 0 aliphatic carbocycles. The highest BCUT2D eigenvalue weighted by Gasteiger charge is 2.35. The number of primary amides is 1. The van der Waals surface area contributed by atoms with Gasteiger partial charge in [0.1, 0.15) is 0 Å². The highest BCUT2D eigenvalue weighted by molar-refractivity contribution is 7.10. The summed E-state index contributed by atoms with van der Waals surface area (Å²) in [6, 6.07) is 13.2. The van der Waals surface area contributed by atoms with Crippen molar-refractivity contribution < 1.29 is 9.69 Å². The lowest BCUT2D eigenvalue weighted by atomic mass is 9.92. The van der Waals surface area contributed by atoms with E-state index in [-0.39, 0.29) is 11.8 Å². The Bertz CT molecular complexity index is 876. The van der Waals surface area contributed by atoms with E-state index in [1.54, 1.807) is 0 Å². The van der Waals surface area contributed by atoms with Gasteiger partial charge in [0.15, 0.2) is 6.04 Å². The first kappa shape index (κ1) is 16.4. The standard InChI is InChI=1S/C20H23N3OS/c1-13-18(15-5-2-3-6-16(15)22-13)19(17-7-4-12-25-17)23-10-8-14(9-11-23)20(21)24/h2-7,12,14,19,22H,8-11H2,1H3,(H2,21,24)/p+1. The number of aryl methyl sites for hydroxylation is 1. The number of hydrogen-bond acceptors (Lipinski definition) is 2. The molecule has 3 aromatic rings. The van der Waals surface area contributed by atoms with E-state index in [1.165, 1.54) is 31.9 Å². The number of nitrogens with two attached hydrogens (primary N) is 1. The molecule has 0 bridgehead atoms. The lowest BCUT2D eigenvalue weighted by Gasteiger charge is -2.33. The van der Waals surface area contributed by atoms with Crippen molar-refractivity contribution in [1.29, 1.82) is 0 Å². The van der Waals surface area contributed by atoms with Crippen molar-refractivity contribution in [2.24, 2.45) is 11.7 Å². The molecule has 25 heavy (non-hydrogen) atoms. The van der Waals surface area contributed by atoms with Crippen LogP contribution < -0.4 is 10.6 Å². The van der Waals surface area contributed by atoms with Gasteiger partial charge in [-0.3, -0.25) is 4.79 Å². The van der Waals surface area contributed by atoms with E-state index in [4.69, 9.17) is 5.73 Å². The fourth-order valence-electron chi connectivity index (χ4n) is 4.24. The summed E-state index contributed by atoms with van der Waals surface area (Å²) in [5.74, 6) is -0.105. The quantitative estimate of drug-likeness (QED) is 0.662. The van der Waals surface area contributed by atoms with Crippen LogP contribution in [-0.4, -0.2) is 24.0 Å². The van der Waals surface area contributed by atoms with Crippen LogP contribution in [0.5, 0.6) is 0 Å². The molecule has 0 saturated carbocycles. The molecule has 1 unspecified atom stereocenters. The molecule has 1 amide bonds. The lowest BCUT2D eigenvalue weighted by molar-refractivity contribution is -0.930. The van der Waals surface area contributed by atoms with E-state index in [2.05, 4.69) is 53.7 Å². The number of aromatic nitrogens is 1. The Balaban J connectivity index is 1.75. The van der Waals surface area contributed by atoms with E-state index in [0.717, 1.165) is 25.9 Å². The Kier molecular flexibility index (Phi) is 4.36. The number of rotatable bonds is 4. The first-order valence-electron chi connectivity index (χ1n) is 8.89. The van der Waals surface area contributed by atoms with Gasteiger partial charge >= 0.3 is 0 Å². The molecular weight excluding hydrogens is 330 g/mol. The summed E-state index contributed by atoms with van der Waals surface area (Å²) in [5, 5.41) is 3.46. The molecule has 1 fully saturated rings. The van der Waals surface area contributed by atoms with Crippen LogP contribution in [0, 0.1) is 12.8 Å². The van der Waals surface area contributed by atoms with Gasteiger partial charge in [0.05, 0.1) is 18.0 Å². The summed E-state index contributed by atoms with van der Waals surface area (Å²) in [7, 11) is 0. The first-order valence-corrected chi connectivity index (χ1v) is 9.77. The van der Waals surface area contributed by atoms with Crippen LogP contribution >= 0.6 is 11.3 Å². The predicted octanol–water partition coefficient (Wildman–Crippen LogP) is 2.41. The molecular formula is C20H24N3OS+. The highest BCUT2D eigenvalue weighted by atomic mass is 32.1. The summed E-state index contributed by atoms with van der Waals surface area (Å²) in [6.07, 6.45) is 1.77. The Labute approximate surface area is 151 Å². The van der Waals surface area contributed by atoms with Gasteiger partial charge in [0.2, 0.25) is 5.91 Å². The molecule has 0 radical (unpaired) electrons. The van der Waals surface area contributed by atoms with Gasteiger partial charge in [-0.2, -0.15) is 0 Å². The van der Waals surface area contributed by atoms with Crippen molar-refractivity contribution >= 4 is 28.1 Å². The number of fused-ring (bicyclic) bond motifs is 1. The molecule has 130 valence electrons. The second-order valence-electron chi connectivity index (χ2n) is 6.99. The molecule has 1 aromatic carbocycles. The number of benzene rings is 1. The van der Waals surface area contributed by atoms with Gasteiger partial charge in [-0.25, -0.2) is 0 Å². The third-order valence-electron chi connectivity index (χ3n) is 5.50. The van der Waals surface area contributed by atoms with Crippen molar-refractivity contribution in [3.8, 4) is 0 Å². The van der Waals surface area contributed by atoms with Crippen molar-refractivity contribution in [3.63, 3.8) is 0 Å². The predicted molar refractivity (Wildman–Crippen MR) is 102 cm³/mol. The smallest absolute Gasteiger partial charge is 0.220 e. The SMILES string of the molecule is Cc1[nH]c2ccccc2c1C(c1cccs1)[NH+]1CCC(C(N)=O)CC1. The van der Waals surface area contributed by atoms with Crippen molar-refractivity contribution in [2.45, 2.75) is 25.8 Å². The van der Waals surface area contributed by atoms with E-state index in [9.17, 15) is 4.79 Å². The number of thiophene rings is 1. The summed E-state index contributed by atoms with van der Waals surface area (Å²) in [4.78, 5) is 18.0. The average Bonchev–Trinajstić information content (AvgIpc) is 3.24. The number of hydrogen-bond donors (Lipinski definition) is 3. The second kappa shape index (κ2) is 6.65. The number of aromatic amines is 1. The number of carbonyl (C=O) groups is 1. The number of amides is 1. The first-order chi connectivity index (χ1) is 12.1. The van der Waals surface area contributed by atoms with Crippen LogP contribution in [0.1, 0.15) is 35.0 Å². The molecule has 1 saturated heterocycles. The Morgan fingerprint density at radius 3 is 2.68 bits per heavy atom. The van der Waals surface area contributed by atoms with Crippen LogP contribution in [0.15, 0.2) is 41.8 Å². The van der Waals surface area contributed by atoms with Gasteiger partial charge in [0, 0.05) is 40.9 Å². The third-order valence-corrected chi connectivity index (χ3v) is 6.44. The molecule has 1 atom stereocenters. The molecule has 4 N–H and O–H groups in total. The second-order valence-corrected chi connectivity index (χ2v) is 7.97. The minimum absolute atomic E-state index is 0.0387. The van der Waals surface area contributed by atoms with Gasteiger partial charge in [-0.15, -0.1) is 11.3 Å². The average molecular weight is 354 g/mol. The maximum atomic E-state index is 11.5. The summed E-state index contributed by atoms with van der Waals surface area (Å²) >= 11 is 1.82. The topological polar surface area (TPSA) is 63.3 Å². The number of piperidine rings is 1. The molecule has 4 rings (SSSR count). The van der Waals surface area contributed by atoms with E-state index < -0.39 is 0 Å². The van der Waals surface area contributed by atoms with Crippen LogP contribution in [0.2, 0.25) is 0 Å². The van der Waals surface area contributed by atoms with Crippen LogP contribution in [0.25, 0.3) is 10.9 Å². The van der Waals surface area contributed by atoms with E-state index >= 15 is 0 Å².